The van der Waals surface area contributed by atoms with Crippen LogP contribution in [-0.4, -0.2) is 37.6 Å². The quantitative estimate of drug-likeness (QED) is 0.701. The molecule has 1 aliphatic heterocycles. The highest BCUT2D eigenvalue weighted by Gasteiger charge is 2.27. The minimum Gasteiger partial charge on any atom is -0.352 e. The molecule has 1 heterocycles. The number of hydrogen-bond acceptors (Lipinski definition) is 3. The molecule has 2 fully saturated rings. The Balaban J connectivity index is 1.82. The second-order valence-electron chi connectivity index (χ2n) is 5.63. The van der Waals surface area contributed by atoms with Gasteiger partial charge in [-0.25, -0.2) is 0 Å². The number of amides is 1. The number of rotatable bonds is 4. The van der Waals surface area contributed by atoms with Gasteiger partial charge in [-0.2, -0.15) is 0 Å². The fourth-order valence-corrected chi connectivity index (χ4v) is 3.21. The van der Waals surface area contributed by atoms with E-state index < -0.39 is 0 Å². The summed E-state index contributed by atoms with van der Waals surface area (Å²) in [4.78, 5) is 12.2. The zero-order chi connectivity index (χ0) is 12.8. The lowest BCUT2D eigenvalue weighted by Crippen LogP contribution is -2.57. The Morgan fingerprint density at radius 1 is 1.28 bits per heavy atom. The number of nitrogens with one attached hydrogen (secondary N) is 3. The molecule has 0 aromatic rings. The van der Waals surface area contributed by atoms with Crippen molar-refractivity contribution < 1.29 is 4.79 Å². The Bertz CT molecular complexity index is 258. The third-order valence-electron chi connectivity index (χ3n) is 4.34. The number of hydrogen-bond donors (Lipinski definition) is 3. The largest absolute Gasteiger partial charge is 0.352 e. The van der Waals surface area contributed by atoms with Crippen molar-refractivity contribution in [2.45, 2.75) is 57.5 Å². The lowest BCUT2D eigenvalue weighted by molar-refractivity contribution is -0.124. The van der Waals surface area contributed by atoms with E-state index in [2.05, 4.69) is 22.9 Å². The van der Waals surface area contributed by atoms with Crippen LogP contribution in [0.4, 0.5) is 0 Å². The molecule has 0 aromatic heterocycles. The van der Waals surface area contributed by atoms with Gasteiger partial charge >= 0.3 is 0 Å². The molecule has 4 heteroatoms. The molecule has 2 unspecified atom stereocenters. The monoisotopic (exact) mass is 253 g/mol. The molecular weight excluding hydrogens is 226 g/mol. The van der Waals surface area contributed by atoms with Crippen molar-refractivity contribution in [1.82, 2.24) is 16.0 Å². The number of carbonyl (C=O) groups is 1. The molecule has 2 aliphatic rings. The van der Waals surface area contributed by atoms with E-state index in [-0.39, 0.29) is 11.9 Å². The highest BCUT2D eigenvalue weighted by Crippen LogP contribution is 2.27. The van der Waals surface area contributed by atoms with Gasteiger partial charge < -0.3 is 16.0 Å². The normalized spacial score (nSPS) is 27.7. The van der Waals surface area contributed by atoms with Crippen molar-refractivity contribution in [3.05, 3.63) is 0 Å². The van der Waals surface area contributed by atoms with Gasteiger partial charge in [0.15, 0.2) is 0 Å². The first-order valence-electron chi connectivity index (χ1n) is 7.55. The first-order valence-corrected chi connectivity index (χ1v) is 7.55. The summed E-state index contributed by atoms with van der Waals surface area (Å²) in [7, 11) is 0. The van der Waals surface area contributed by atoms with Gasteiger partial charge in [0.1, 0.15) is 0 Å². The topological polar surface area (TPSA) is 53.2 Å². The van der Waals surface area contributed by atoms with E-state index in [0.717, 1.165) is 26.1 Å². The zero-order valence-electron chi connectivity index (χ0n) is 11.5. The average Bonchev–Trinajstić information content (AvgIpc) is 2.46. The molecule has 104 valence electrons. The predicted octanol–water partition coefficient (Wildman–Crippen LogP) is 1.02. The van der Waals surface area contributed by atoms with Crippen LogP contribution in [0.2, 0.25) is 0 Å². The van der Waals surface area contributed by atoms with Crippen molar-refractivity contribution >= 4 is 5.91 Å². The van der Waals surface area contributed by atoms with E-state index in [1.54, 1.807) is 0 Å². The lowest BCUT2D eigenvalue weighted by atomic mass is 9.83. The van der Waals surface area contributed by atoms with Crippen LogP contribution in [0.3, 0.4) is 0 Å². The smallest absolute Gasteiger partial charge is 0.238 e. The van der Waals surface area contributed by atoms with Gasteiger partial charge in [-0.1, -0.05) is 26.2 Å². The van der Waals surface area contributed by atoms with Crippen molar-refractivity contribution in [2.75, 3.05) is 19.6 Å². The zero-order valence-corrected chi connectivity index (χ0v) is 11.5. The second kappa shape index (κ2) is 7.10. The molecule has 1 saturated heterocycles. The number of carbonyl (C=O) groups excluding carboxylic acids is 1. The van der Waals surface area contributed by atoms with E-state index in [1.807, 2.05) is 0 Å². The van der Waals surface area contributed by atoms with Gasteiger partial charge in [0.25, 0.3) is 0 Å². The highest BCUT2D eigenvalue weighted by molar-refractivity contribution is 5.82. The molecule has 0 bridgehead atoms. The second-order valence-corrected chi connectivity index (χ2v) is 5.63. The van der Waals surface area contributed by atoms with Crippen LogP contribution in [0.15, 0.2) is 0 Å². The molecule has 2 rings (SSSR count). The van der Waals surface area contributed by atoms with Gasteiger partial charge in [0.2, 0.25) is 5.91 Å². The summed E-state index contributed by atoms with van der Waals surface area (Å²) in [6, 6.07) is 0.331. The molecule has 0 spiro atoms. The van der Waals surface area contributed by atoms with E-state index in [9.17, 15) is 4.79 Å². The van der Waals surface area contributed by atoms with Crippen molar-refractivity contribution in [2.24, 2.45) is 5.92 Å². The fourth-order valence-electron chi connectivity index (χ4n) is 3.21. The standard InChI is InChI=1S/C14H27N3O/c1-2-12(11-6-4-3-5-7-11)17-14(18)13-10-15-8-9-16-13/h11-13,15-16H,2-10H2,1H3,(H,17,18). The molecular formula is C14H27N3O. The SMILES string of the molecule is CCC(NC(=O)C1CNCCN1)C1CCCCC1. The van der Waals surface area contributed by atoms with Crippen molar-refractivity contribution in [1.29, 1.82) is 0 Å². The van der Waals surface area contributed by atoms with Gasteiger partial charge in [-0.15, -0.1) is 0 Å². The molecule has 3 N–H and O–H groups in total. The van der Waals surface area contributed by atoms with E-state index in [4.69, 9.17) is 0 Å². The average molecular weight is 253 g/mol. The fraction of sp³-hybridized carbons (Fsp3) is 0.929. The lowest BCUT2D eigenvalue weighted by Gasteiger charge is -2.32. The summed E-state index contributed by atoms with van der Waals surface area (Å²) in [5.41, 5.74) is 0. The van der Waals surface area contributed by atoms with Crippen molar-refractivity contribution in [3.63, 3.8) is 0 Å². The summed E-state index contributed by atoms with van der Waals surface area (Å²) in [6.07, 6.45) is 7.66. The molecule has 1 aliphatic carbocycles. The molecule has 0 aromatic carbocycles. The summed E-state index contributed by atoms with van der Waals surface area (Å²) < 4.78 is 0. The first-order chi connectivity index (χ1) is 8.81. The Kier molecular flexibility index (Phi) is 5.45. The Morgan fingerprint density at radius 2 is 2.06 bits per heavy atom. The third kappa shape index (κ3) is 3.69. The molecule has 1 amide bonds. The molecule has 2 atom stereocenters. The summed E-state index contributed by atoms with van der Waals surface area (Å²) in [5.74, 6) is 0.879. The number of piperazine rings is 1. The van der Waals surface area contributed by atoms with E-state index in [0.29, 0.717) is 12.0 Å². The Labute approximate surface area is 110 Å². The van der Waals surface area contributed by atoms with Gasteiger partial charge in [0, 0.05) is 25.7 Å². The molecule has 18 heavy (non-hydrogen) atoms. The summed E-state index contributed by atoms with van der Waals surface area (Å²) >= 11 is 0. The minimum atomic E-state index is -0.0450. The van der Waals surface area contributed by atoms with Crippen molar-refractivity contribution in [3.8, 4) is 0 Å². The van der Waals surface area contributed by atoms with Crippen LogP contribution in [0.1, 0.15) is 45.4 Å². The third-order valence-corrected chi connectivity index (χ3v) is 4.34. The first kappa shape index (κ1) is 13.8. The predicted molar refractivity (Wildman–Crippen MR) is 73.5 cm³/mol. The van der Waals surface area contributed by atoms with Crippen LogP contribution < -0.4 is 16.0 Å². The van der Waals surface area contributed by atoms with Gasteiger partial charge in [-0.3, -0.25) is 4.79 Å². The van der Waals surface area contributed by atoms with Gasteiger partial charge in [-0.05, 0) is 25.2 Å². The molecule has 1 saturated carbocycles. The van der Waals surface area contributed by atoms with E-state index >= 15 is 0 Å². The maximum absolute atomic E-state index is 12.2. The van der Waals surface area contributed by atoms with Crippen LogP contribution >= 0.6 is 0 Å². The summed E-state index contributed by atoms with van der Waals surface area (Å²) in [6.45, 7) is 4.79. The summed E-state index contributed by atoms with van der Waals surface area (Å²) in [5, 5.41) is 9.80. The highest BCUT2D eigenvalue weighted by atomic mass is 16.2. The Morgan fingerprint density at radius 3 is 2.67 bits per heavy atom. The molecule has 4 nitrogen and oxygen atoms in total. The Hall–Kier alpha value is -0.610. The molecule has 0 radical (unpaired) electrons. The van der Waals surface area contributed by atoms with Gasteiger partial charge in [0.05, 0.1) is 6.04 Å². The van der Waals surface area contributed by atoms with Crippen LogP contribution in [0.5, 0.6) is 0 Å². The van der Waals surface area contributed by atoms with Crippen LogP contribution in [0.25, 0.3) is 0 Å². The van der Waals surface area contributed by atoms with Crippen LogP contribution in [0, 0.1) is 5.92 Å². The minimum absolute atomic E-state index is 0.0450. The maximum Gasteiger partial charge on any atom is 0.238 e. The maximum atomic E-state index is 12.2. The van der Waals surface area contributed by atoms with E-state index in [1.165, 1.54) is 32.1 Å². The van der Waals surface area contributed by atoms with Crippen LogP contribution in [-0.2, 0) is 4.79 Å².